The summed E-state index contributed by atoms with van der Waals surface area (Å²) in [5.74, 6) is -0.660. The van der Waals surface area contributed by atoms with Gasteiger partial charge in [0, 0.05) is 37.0 Å². The maximum atomic E-state index is 10.5. The number of hydrogen-bond donors (Lipinski definition) is 4. The Hall–Kier alpha value is -0.640. The summed E-state index contributed by atoms with van der Waals surface area (Å²) in [4.78, 5) is 21.1. The largest absolute Gasteiger partial charge is 0.481 e. The van der Waals surface area contributed by atoms with Crippen molar-refractivity contribution in [1.82, 2.24) is 10.6 Å². The van der Waals surface area contributed by atoms with Gasteiger partial charge in [-0.25, -0.2) is 0 Å². The molecule has 8 nitrogen and oxygen atoms in total. The Labute approximate surface area is 177 Å². The van der Waals surface area contributed by atoms with Crippen LogP contribution in [0.5, 0.6) is 0 Å². The van der Waals surface area contributed by atoms with Crippen molar-refractivity contribution >= 4 is 36.8 Å². The molecule has 28 heavy (non-hydrogen) atoms. The van der Waals surface area contributed by atoms with Crippen molar-refractivity contribution in [1.29, 1.82) is 0 Å². The first-order valence-electron chi connectivity index (χ1n) is 9.59. The van der Waals surface area contributed by atoms with E-state index in [1.54, 1.807) is 0 Å². The molecule has 10 heteroatoms. The fourth-order valence-corrected chi connectivity index (χ4v) is 4.74. The zero-order chi connectivity index (χ0) is 18.5. The standard InChI is InChI=1S/2C9H15NO3.2ClH/c2*11-9(12)3-6-1-7-4-13-5-8(2-6)10-7;;/h2*6-8,10H,1-5H2,(H,11,12);2*1H/t2*6?,7-,8+;;. The third-order valence-corrected chi connectivity index (χ3v) is 5.62. The van der Waals surface area contributed by atoms with Crippen LogP contribution in [0.4, 0.5) is 0 Å². The molecule has 4 rings (SSSR count). The van der Waals surface area contributed by atoms with Crippen LogP contribution in [0, 0.1) is 11.8 Å². The van der Waals surface area contributed by atoms with Crippen LogP contribution in [0.1, 0.15) is 38.5 Å². The molecule has 2 unspecified atom stereocenters. The van der Waals surface area contributed by atoms with Crippen molar-refractivity contribution in [3.05, 3.63) is 0 Å². The van der Waals surface area contributed by atoms with Crippen molar-refractivity contribution in [3.8, 4) is 0 Å². The molecule has 0 radical (unpaired) electrons. The van der Waals surface area contributed by atoms with E-state index < -0.39 is 11.9 Å². The maximum absolute atomic E-state index is 10.5. The van der Waals surface area contributed by atoms with E-state index >= 15 is 0 Å². The van der Waals surface area contributed by atoms with Crippen molar-refractivity contribution in [3.63, 3.8) is 0 Å². The SMILES string of the molecule is Cl.Cl.O=C(O)CC1C[C@H]2COC[C@@H](C1)N2.O=C(O)CC1C[C@H]2COC[C@@H](C1)N2. The van der Waals surface area contributed by atoms with Crippen LogP contribution < -0.4 is 10.6 Å². The van der Waals surface area contributed by atoms with Crippen molar-refractivity contribution in [2.24, 2.45) is 11.8 Å². The van der Waals surface area contributed by atoms with Gasteiger partial charge < -0.3 is 30.3 Å². The third-order valence-electron chi connectivity index (χ3n) is 5.62. The lowest BCUT2D eigenvalue weighted by molar-refractivity contribution is -0.139. The number of rotatable bonds is 4. The molecule has 4 aliphatic heterocycles. The van der Waals surface area contributed by atoms with Gasteiger partial charge in [0.25, 0.3) is 0 Å². The van der Waals surface area contributed by atoms with Gasteiger partial charge >= 0.3 is 11.9 Å². The zero-order valence-corrected chi connectivity index (χ0v) is 17.5. The number of hydrogen-bond acceptors (Lipinski definition) is 6. The summed E-state index contributed by atoms with van der Waals surface area (Å²) in [6.45, 7) is 2.97. The second-order valence-corrected chi connectivity index (χ2v) is 8.07. The van der Waals surface area contributed by atoms with E-state index in [-0.39, 0.29) is 24.8 Å². The van der Waals surface area contributed by atoms with Gasteiger partial charge in [-0.3, -0.25) is 9.59 Å². The molecule has 0 aromatic carbocycles. The highest BCUT2D eigenvalue weighted by Gasteiger charge is 2.33. The van der Waals surface area contributed by atoms with Crippen molar-refractivity contribution < 1.29 is 29.3 Å². The predicted octanol–water partition coefficient (Wildman–Crippen LogP) is 1.30. The Balaban J connectivity index is 0.000000261. The molecule has 4 N–H and O–H groups in total. The Kier molecular flexibility index (Phi) is 11.0. The minimum atomic E-state index is -0.675. The maximum Gasteiger partial charge on any atom is 0.303 e. The van der Waals surface area contributed by atoms with Gasteiger partial charge in [-0.1, -0.05) is 0 Å². The van der Waals surface area contributed by atoms with Crippen LogP contribution in [-0.2, 0) is 19.1 Å². The molecule has 6 atom stereocenters. The molecule has 0 aromatic heterocycles. The number of carboxylic acid groups (broad SMARTS) is 2. The molecule has 164 valence electrons. The highest BCUT2D eigenvalue weighted by atomic mass is 35.5. The lowest BCUT2D eigenvalue weighted by Gasteiger charge is -2.39. The molecule has 0 amide bonds. The molecule has 4 fully saturated rings. The van der Waals surface area contributed by atoms with Gasteiger partial charge in [0.1, 0.15) is 0 Å². The summed E-state index contributed by atoms with van der Waals surface area (Å²) in [7, 11) is 0. The molecular formula is C18H32Cl2N2O6. The number of nitrogens with one attached hydrogen (secondary N) is 2. The second-order valence-electron chi connectivity index (χ2n) is 8.07. The summed E-state index contributed by atoms with van der Waals surface area (Å²) in [5.41, 5.74) is 0. The molecule has 0 aliphatic carbocycles. The fraction of sp³-hybridized carbons (Fsp3) is 0.889. The lowest BCUT2D eigenvalue weighted by Crippen LogP contribution is -2.54. The van der Waals surface area contributed by atoms with E-state index in [4.69, 9.17) is 19.7 Å². The Morgan fingerprint density at radius 2 is 0.964 bits per heavy atom. The fourth-order valence-electron chi connectivity index (χ4n) is 4.74. The Bertz CT molecular complexity index is 444. The number of aliphatic carboxylic acids is 2. The Morgan fingerprint density at radius 1 is 0.679 bits per heavy atom. The first-order valence-corrected chi connectivity index (χ1v) is 9.59. The summed E-state index contributed by atoms with van der Waals surface area (Å²) in [6.07, 6.45) is 4.42. The second kappa shape index (κ2) is 12.1. The van der Waals surface area contributed by atoms with E-state index in [1.807, 2.05) is 0 Å². The van der Waals surface area contributed by atoms with Crippen LogP contribution in [0.3, 0.4) is 0 Å². The number of halogens is 2. The average Bonchev–Trinajstić information content (AvgIpc) is 2.53. The van der Waals surface area contributed by atoms with Gasteiger partial charge in [0.05, 0.1) is 26.4 Å². The third kappa shape index (κ3) is 8.00. The lowest BCUT2D eigenvalue weighted by atomic mass is 9.85. The van der Waals surface area contributed by atoms with Crippen molar-refractivity contribution in [2.75, 3.05) is 26.4 Å². The number of ether oxygens (including phenoxy) is 2. The molecule has 4 bridgehead atoms. The van der Waals surface area contributed by atoms with Gasteiger partial charge in [-0.15, -0.1) is 24.8 Å². The van der Waals surface area contributed by atoms with E-state index in [0.29, 0.717) is 48.8 Å². The minimum absolute atomic E-state index is 0. The van der Waals surface area contributed by atoms with Gasteiger partial charge in [-0.2, -0.15) is 0 Å². The first kappa shape index (κ1) is 25.4. The molecule has 4 saturated heterocycles. The highest BCUT2D eigenvalue weighted by Crippen LogP contribution is 2.27. The number of morpholine rings is 2. The summed E-state index contributed by atoms with van der Waals surface area (Å²) >= 11 is 0. The number of fused-ring (bicyclic) bond motifs is 4. The zero-order valence-electron chi connectivity index (χ0n) is 15.9. The minimum Gasteiger partial charge on any atom is -0.481 e. The molecule has 0 aromatic rings. The van der Waals surface area contributed by atoms with E-state index in [0.717, 1.165) is 52.1 Å². The average molecular weight is 443 g/mol. The Morgan fingerprint density at radius 3 is 1.21 bits per heavy atom. The van der Waals surface area contributed by atoms with Crippen LogP contribution in [0.2, 0.25) is 0 Å². The predicted molar refractivity (Wildman–Crippen MR) is 108 cm³/mol. The molecule has 4 heterocycles. The molecular weight excluding hydrogens is 411 g/mol. The molecule has 4 aliphatic rings. The molecule has 0 spiro atoms. The van der Waals surface area contributed by atoms with Crippen molar-refractivity contribution in [2.45, 2.75) is 62.7 Å². The summed E-state index contributed by atoms with van der Waals surface area (Å²) in [6, 6.07) is 1.54. The summed E-state index contributed by atoms with van der Waals surface area (Å²) < 4.78 is 10.8. The van der Waals surface area contributed by atoms with E-state index in [2.05, 4.69) is 10.6 Å². The van der Waals surface area contributed by atoms with Crippen LogP contribution >= 0.6 is 24.8 Å². The van der Waals surface area contributed by atoms with Gasteiger partial charge in [0.2, 0.25) is 0 Å². The van der Waals surface area contributed by atoms with E-state index in [9.17, 15) is 9.59 Å². The number of piperidine rings is 2. The van der Waals surface area contributed by atoms with Crippen LogP contribution in [0.15, 0.2) is 0 Å². The first-order chi connectivity index (χ1) is 12.5. The normalized spacial score (nSPS) is 35.9. The van der Waals surface area contributed by atoms with Crippen LogP contribution in [-0.4, -0.2) is 72.7 Å². The monoisotopic (exact) mass is 442 g/mol. The number of carbonyl (C=O) groups is 2. The van der Waals surface area contributed by atoms with Gasteiger partial charge in [0.15, 0.2) is 0 Å². The van der Waals surface area contributed by atoms with Gasteiger partial charge in [-0.05, 0) is 37.5 Å². The topological polar surface area (TPSA) is 117 Å². The van der Waals surface area contributed by atoms with Crippen LogP contribution in [0.25, 0.3) is 0 Å². The quantitative estimate of drug-likeness (QED) is 0.514. The smallest absolute Gasteiger partial charge is 0.303 e. The molecule has 0 saturated carbocycles. The summed E-state index contributed by atoms with van der Waals surface area (Å²) in [5, 5.41) is 24.2. The van der Waals surface area contributed by atoms with E-state index in [1.165, 1.54) is 0 Å². The number of carboxylic acids is 2. The highest BCUT2D eigenvalue weighted by molar-refractivity contribution is 5.85.